The van der Waals surface area contributed by atoms with E-state index in [2.05, 4.69) is 15.2 Å². The van der Waals surface area contributed by atoms with Crippen molar-refractivity contribution >= 4 is 22.8 Å². The Balaban J connectivity index is 2.09. The van der Waals surface area contributed by atoms with Gasteiger partial charge in [-0.1, -0.05) is 30.3 Å². The summed E-state index contributed by atoms with van der Waals surface area (Å²) in [7, 11) is 0. The Labute approximate surface area is 153 Å². The fraction of sp³-hybridized carbons (Fsp3) is 0.0556. The van der Waals surface area contributed by atoms with Gasteiger partial charge in [-0.2, -0.15) is 14.9 Å². The standard InChI is InChI=1S/C18H14N6OS/c1-11-9-13(21-24(17(11)25)18(19)26)15-14-10-20-7-8-23(14)22-16(15)12-5-3-2-4-6-12/h2-10H,1H3,(H2,19,26). The van der Waals surface area contributed by atoms with E-state index >= 15 is 0 Å². The molecule has 3 heterocycles. The number of thiocarbonyl (C=S) groups is 1. The number of rotatable bonds is 2. The molecule has 0 amide bonds. The molecular weight excluding hydrogens is 348 g/mol. The second kappa shape index (κ2) is 6.16. The van der Waals surface area contributed by atoms with Gasteiger partial charge in [0.15, 0.2) is 5.11 Å². The van der Waals surface area contributed by atoms with Gasteiger partial charge in [-0.05, 0) is 25.2 Å². The molecule has 26 heavy (non-hydrogen) atoms. The molecule has 0 aliphatic heterocycles. The average molecular weight is 362 g/mol. The first-order valence-electron chi connectivity index (χ1n) is 7.85. The summed E-state index contributed by atoms with van der Waals surface area (Å²) in [6.07, 6.45) is 5.14. The van der Waals surface area contributed by atoms with Crippen LogP contribution < -0.4 is 11.3 Å². The molecule has 0 unspecified atom stereocenters. The Morgan fingerprint density at radius 1 is 1.19 bits per heavy atom. The van der Waals surface area contributed by atoms with Gasteiger partial charge in [-0.3, -0.25) is 9.78 Å². The van der Waals surface area contributed by atoms with Gasteiger partial charge in [0, 0.05) is 23.5 Å². The van der Waals surface area contributed by atoms with E-state index in [-0.39, 0.29) is 10.7 Å². The predicted octanol–water partition coefficient (Wildman–Crippen LogP) is 2.02. The normalized spacial score (nSPS) is 11.0. The Morgan fingerprint density at radius 3 is 2.69 bits per heavy atom. The molecule has 0 saturated heterocycles. The van der Waals surface area contributed by atoms with E-state index in [1.165, 1.54) is 0 Å². The number of aromatic nitrogens is 5. The highest BCUT2D eigenvalue weighted by molar-refractivity contribution is 7.80. The number of nitrogens with zero attached hydrogens (tertiary/aromatic N) is 5. The van der Waals surface area contributed by atoms with Crippen molar-refractivity contribution in [2.75, 3.05) is 0 Å². The number of aryl methyl sites for hydroxylation is 1. The van der Waals surface area contributed by atoms with E-state index in [1.807, 2.05) is 30.3 Å². The summed E-state index contributed by atoms with van der Waals surface area (Å²) in [6.45, 7) is 1.70. The van der Waals surface area contributed by atoms with E-state index in [9.17, 15) is 4.79 Å². The molecule has 0 aliphatic carbocycles. The first-order valence-corrected chi connectivity index (χ1v) is 8.26. The molecule has 8 heteroatoms. The van der Waals surface area contributed by atoms with Crippen molar-refractivity contribution in [3.8, 4) is 22.5 Å². The highest BCUT2D eigenvalue weighted by atomic mass is 32.1. The molecule has 0 aliphatic rings. The summed E-state index contributed by atoms with van der Waals surface area (Å²) in [5, 5.41) is 8.94. The SMILES string of the molecule is Cc1cc(-c2c(-c3ccccc3)nn3ccncc23)nn(C(N)=S)c1=O. The number of hydrogen-bond acceptors (Lipinski definition) is 5. The monoisotopic (exact) mass is 362 g/mol. The molecule has 0 saturated carbocycles. The van der Waals surface area contributed by atoms with Gasteiger partial charge in [0.05, 0.1) is 23.0 Å². The Hall–Kier alpha value is -3.39. The third-order valence-electron chi connectivity index (χ3n) is 4.04. The van der Waals surface area contributed by atoms with Crippen molar-refractivity contribution in [2.45, 2.75) is 6.92 Å². The quantitative estimate of drug-likeness (QED) is 0.549. The largest absolute Gasteiger partial charge is 0.374 e. The van der Waals surface area contributed by atoms with Gasteiger partial charge in [0.2, 0.25) is 0 Å². The van der Waals surface area contributed by atoms with Gasteiger partial charge < -0.3 is 5.73 Å². The number of nitrogens with two attached hydrogens (primary N) is 1. The zero-order valence-corrected chi connectivity index (χ0v) is 14.6. The van der Waals surface area contributed by atoms with E-state index in [4.69, 9.17) is 18.0 Å². The van der Waals surface area contributed by atoms with E-state index < -0.39 is 0 Å². The van der Waals surface area contributed by atoms with Crippen LogP contribution in [0.15, 0.2) is 59.8 Å². The summed E-state index contributed by atoms with van der Waals surface area (Å²) < 4.78 is 2.77. The molecule has 0 fully saturated rings. The van der Waals surface area contributed by atoms with Gasteiger partial charge in [0.25, 0.3) is 5.56 Å². The maximum absolute atomic E-state index is 12.3. The van der Waals surface area contributed by atoms with Crippen LogP contribution in [-0.2, 0) is 0 Å². The predicted molar refractivity (Wildman–Crippen MR) is 103 cm³/mol. The highest BCUT2D eigenvalue weighted by Crippen LogP contribution is 2.33. The molecule has 0 spiro atoms. The van der Waals surface area contributed by atoms with Gasteiger partial charge in [-0.15, -0.1) is 0 Å². The van der Waals surface area contributed by atoms with Gasteiger partial charge in [-0.25, -0.2) is 4.52 Å². The van der Waals surface area contributed by atoms with Crippen LogP contribution in [0.1, 0.15) is 5.56 Å². The molecule has 128 valence electrons. The van der Waals surface area contributed by atoms with Crippen molar-refractivity contribution in [1.29, 1.82) is 0 Å². The second-order valence-corrected chi connectivity index (χ2v) is 6.18. The van der Waals surface area contributed by atoms with Crippen LogP contribution in [-0.4, -0.2) is 29.5 Å². The van der Waals surface area contributed by atoms with Crippen LogP contribution in [0.5, 0.6) is 0 Å². The first kappa shape index (κ1) is 16.1. The van der Waals surface area contributed by atoms with Crippen molar-refractivity contribution in [1.82, 2.24) is 24.4 Å². The molecule has 4 rings (SSSR count). The minimum absolute atomic E-state index is 0.101. The van der Waals surface area contributed by atoms with E-state index in [1.54, 1.807) is 36.1 Å². The zero-order valence-electron chi connectivity index (χ0n) is 13.8. The maximum atomic E-state index is 12.3. The summed E-state index contributed by atoms with van der Waals surface area (Å²) in [5.41, 5.74) is 9.57. The molecule has 3 aromatic heterocycles. The Bertz CT molecular complexity index is 1200. The first-order chi connectivity index (χ1) is 12.6. The zero-order chi connectivity index (χ0) is 18.3. The Morgan fingerprint density at radius 2 is 1.96 bits per heavy atom. The fourth-order valence-corrected chi connectivity index (χ4v) is 2.96. The van der Waals surface area contributed by atoms with E-state index in [0.717, 1.165) is 27.0 Å². The van der Waals surface area contributed by atoms with Crippen LogP contribution in [0.4, 0.5) is 0 Å². The number of fused-ring (bicyclic) bond motifs is 1. The van der Waals surface area contributed by atoms with Crippen molar-refractivity contribution < 1.29 is 0 Å². The lowest BCUT2D eigenvalue weighted by atomic mass is 10.0. The summed E-state index contributed by atoms with van der Waals surface area (Å²) >= 11 is 4.97. The number of benzene rings is 1. The fourth-order valence-electron chi connectivity index (χ4n) is 2.84. The summed E-state index contributed by atoms with van der Waals surface area (Å²) in [5.74, 6) is 0. The third kappa shape index (κ3) is 2.56. The lowest BCUT2D eigenvalue weighted by molar-refractivity contribution is 0.852. The number of hydrogen-bond donors (Lipinski definition) is 1. The minimum Gasteiger partial charge on any atom is -0.374 e. The van der Waals surface area contributed by atoms with Crippen molar-refractivity contribution in [3.63, 3.8) is 0 Å². The van der Waals surface area contributed by atoms with Gasteiger partial charge >= 0.3 is 0 Å². The summed E-state index contributed by atoms with van der Waals surface area (Å²) in [6, 6.07) is 11.5. The molecule has 0 radical (unpaired) electrons. The lowest BCUT2D eigenvalue weighted by Crippen LogP contribution is -2.35. The molecule has 0 bridgehead atoms. The molecular formula is C18H14N6OS. The molecule has 7 nitrogen and oxygen atoms in total. The minimum atomic E-state index is -0.336. The van der Waals surface area contributed by atoms with Crippen molar-refractivity contribution in [2.24, 2.45) is 5.73 Å². The smallest absolute Gasteiger partial charge is 0.276 e. The molecule has 1 aromatic carbocycles. The molecule has 4 aromatic rings. The molecule has 2 N–H and O–H groups in total. The van der Waals surface area contributed by atoms with Crippen LogP contribution in [0.2, 0.25) is 0 Å². The third-order valence-corrected chi connectivity index (χ3v) is 4.21. The van der Waals surface area contributed by atoms with E-state index in [0.29, 0.717) is 11.3 Å². The highest BCUT2D eigenvalue weighted by Gasteiger charge is 2.19. The lowest BCUT2D eigenvalue weighted by Gasteiger charge is -2.08. The van der Waals surface area contributed by atoms with Crippen LogP contribution in [0.25, 0.3) is 28.0 Å². The summed E-state index contributed by atoms with van der Waals surface area (Å²) in [4.78, 5) is 16.4. The van der Waals surface area contributed by atoms with Crippen LogP contribution >= 0.6 is 12.2 Å². The van der Waals surface area contributed by atoms with Crippen LogP contribution in [0, 0.1) is 6.92 Å². The van der Waals surface area contributed by atoms with Crippen molar-refractivity contribution in [3.05, 3.63) is 70.9 Å². The van der Waals surface area contributed by atoms with Crippen LogP contribution in [0.3, 0.4) is 0 Å². The molecule has 0 atom stereocenters. The topological polar surface area (TPSA) is 91.1 Å². The Kier molecular flexibility index (Phi) is 3.81. The average Bonchev–Trinajstić information content (AvgIpc) is 3.04. The van der Waals surface area contributed by atoms with Gasteiger partial charge in [0.1, 0.15) is 5.69 Å². The maximum Gasteiger partial charge on any atom is 0.276 e. The second-order valence-electron chi connectivity index (χ2n) is 5.76.